The molecule has 3 N–H and O–H groups in total. The molecule has 0 aliphatic rings. The number of nitro benzene ring substituents is 2. The fourth-order valence-corrected chi connectivity index (χ4v) is 3.25. The molecule has 1 amide bonds. The Balaban J connectivity index is 1.81. The van der Waals surface area contributed by atoms with E-state index in [4.69, 9.17) is 17.0 Å². The summed E-state index contributed by atoms with van der Waals surface area (Å²) in [4.78, 5) is 34.0. The second-order valence-corrected chi connectivity index (χ2v) is 7.29. The molecule has 1 unspecified atom stereocenters. The van der Waals surface area contributed by atoms with Gasteiger partial charge in [-0.15, -0.1) is 0 Å². The van der Waals surface area contributed by atoms with Crippen molar-refractivity contribution in [2.45, 2.75) is 6.04 Å². The first-order valence-electron chi connectivity index (χ1n) is 9.78. The maximum Gasteiger partial charge on any atom is 0.271 e. The molecule has 3 aromatic rings. The normalized spacial score (nSPS) is 11.1. The summed E-state index contributed by atoms with van der Waals surface area (Å²) < 4.78 is 5.22. The highest BCUT2D eigenvalue weighted by atomic mass is 32.1. The van der Waals surface area contributed by atoms with Gasteiger partial charge in [0, 0.05) is 30.0 Å². The van der Waals surface area contributed by atoms with E-state index in [1.165, 1.54) is 49.6 Å². The average molecular weight is 481 g/mol. The number of hydrogen-bond donors (Lipinski definition) is 3. The molecule has 0 aromatic heterocycles. The molecule has 1 atom stereocenters. The second-order valence-electron chi connectivity index (χ2n) is 6.88. The zero-order valence-corrected chi connectivity index (χ0v) is 18.6. The molecular weight excluding hydrogens is 462 g/mol. The molecule has 0 fully saturated rings. The number of nitro groups is 2. The van der Waals surface area contributed by atoms with Crippen LogP contribution in [0.25, 0.3) is 0 Å². The number of rotatable bonds is 8. The number of carbonyl (C=O) groups excluding carboxylic acids is 1. The van der Waals surface area contributed by atoms with Gasteiger partial charge >= 0.3 is 0 Å². The Labute approximate surface area is 199 Å². The molecule has 0 heterocycles. The molecule has 0 spiro atoms. The Hall–Kier alpha value is -4.58. The lowest BCUT2D eigenvalue weighted by Crippen LogP contribution is -2.39. The van der Waals surface area contributed by atoms with E-state index in [0.717, 1.165) is 0 Å². The lowest BCUT2D eigenvalue weighted by atomic mass is 10.1. The lowest BCUT2D eigenvalue weighted by molar-refractivity contribution is -0.385. The number of amides is 1. The molecule has 12 heteroatoms. The Morgan fingerprint density at radius 1 is 0.912 bits per heavy atom. The van der Waals surface area contributed by atoms with Crippen LogP contribution < -0.4 is 20.7 Å². The predicted molar refractivity (Wildman–Crippen MR) is 130 cm³/mol. The highest BCUT2D eigenvalue weighted by Crippen LogP contribution is 2.29. The molecule has 0 saturated heterocycles. The third-order valence-corrected chi connectivity index (χ3v) is 4.88. The first kappa shape index (κ1) is 24.1. The average Bonchev–Trinajstić information content (AvgIpc) is 2.83. The van der Waals surface area contributed by atoms with Gasteiger partial charge in [0.15, 0.2) is 5.11 Å². The van der Waals surface area contributed by atoms with Crippen molar-refractivity contribution in [3.05, 3.63) is 98.6 Å². The largest absolute Gasteiger partial charge is 0.495 e. The zero-order valence-electron chi connectivity index (χ0n) is 17.8. The van der Waals surface area contributed by atoms with Crippen molar-refractivity contribution < 1.29 is 19.4 Å². The number of thiocarbonyl (C=S) groups is 1. The Morgan fingerprint density at radius 3 is 2.12 bits per heavy atom. The van der Waals surface area contributed by atoms with Gasteiger partial charge in [-0.2, -0.15) is 0 Å². The minimum Gasteiger partial charge on any atom is -0.495 e. The number of hydrogen-bond acceptors (Lipinski definition) is 7. The fourth-order valence-electron chi connectivity index (χ4n) is 3.02. The molecule has 0 aliphatic heterocycles. The molecule has 3 rings (SSSR count). The van der Waals surface area contributed by atoms with Gasteiger partial charge in [0.2, 0.25) is 0 Å². The second kappa shape index (κ2) is 10.8. The summed E-state index contributed by atoms with van der Waals surface area (Å²) in [6.45, 7) is 0. The van der Waals surface area contributed by atoms with E-state index >= 15 is 0 Å². The summed E-state index contributed by atoms with van der Waals surface area (Å²) in [6, 6.07) is 17.2. The SMILES string of the molecule is COc1ccc([N+](=O)[O-])cc1NC(=S)NC(C(=O)Nc1ccc([N+](=O)[O-])cc1)c1ccccc1. The third kappa shape index (κ3) is 6.01. The predicted octanol–water partition coefficient (Wildman–Crippen LogP) is 4.18. The maximum atomic E-state index is 13.1. The quantitative estimate of drug-likeness (QED) is 0.245. The van der Waals surface area contributed by atoms with Gasteiger partial charge in [-0.3, -0.25) is 25.0 Å². The minimum atomic E-state index is -0.943. The number of anilines is 2. The smallest absolute Gasteiger partial charge is 0.271 e. The first-order chi connectivity index (χ1) is 16.3. The molecule has 174 valence electrons. The summed E-state index contributed by atoms with van der Waals surface area (Å²) in [7, 11) is 1.41. The zero-order chi connectivity index (χ0) is 24.7. The molecule has 0 radical (unpaired) electrons. The summed E-state index contributed by atoms with van der Waals surface area (Å²) in [5.41, 5.74) is 0.931. The van der Waals surface area contributed by atoms with Crippen LogP contribution in [0.2, 0.25) is 0 Å². The maximum absolute atomic E-state index is 13.1. The number of methoxy groups -OCH3 is 1. The van der Waals surface area contributed by atoms with Gasteiger partial charge in [0.05, 0.1) is 22.6 Å². The van der Waals surface area contributed by atoms with Crippen molar-refractivity contribution in [1.82, 2.24) is 5.32 Å². The standard InChI is InChI=1S/C22H19N5O6S/c1-33-19-12-11-17(27(31)32)13-18(19)24-22(34)25-20(14-5-3-2-4-6-14)21(28)23-15-7-9-16(10-8-15)26(29)30/h2-13,20H,1H3,(H,23,28)(H2,24,25,34). The van der Waals surface area contributed by atoms with Gasteiger partial charge in [0.25, 0.3) is 17.3 Å². The van der Waals surface area contributed by atoms with E-state index in [2.05, 4.69) is 16.0 Å². The van der Waals surface area contributed by atoms with Gasteiger partial charge in [-0.25, -0.2) is 0 Å². The summed E-state index contributed by atoms with van der Waals surface area (Å²) in [6.07, 6.45) is 0. The Bertz CT molecular complexity index is 1220. The molecule has 0 saturated carbocycles. The van der Waals surface area contributed by atoms with Gasteiger partial charge in [0.1, 0.15) is 11.8 Å². The Morgan fingerprint density at radius 2 is 1.53 bits per heavy atom. The molecule has 0 aliphatic carbocycles. The van der Waals surface area contributed by atoms with Gasteiger partial charge < -0.3 is 20.7 Å². The van der Waals surface area contributed by atoms with Crippen molar-refractivity contribution in [2.75, 3.05) is 17.7 Å². The van der Waals surface area contributed by atoms with Crippen molar-refractivity contribution in [3.8, 4) is 5.75 Å². The highest BCUT2D eigenvalue weighted by molar-refractivity contribution is 7.80. The Kier molecular flexibility index (Phi) is 7.67. The van der Waals surface area contributed by atoms with Crippen molar-refractivity contribution >= 4 is 46.0 Å². The van der Waals surface area contributed by atoms with E-state index in [9.17, 15) is 25.0 Å². The van der Waals surface area contributed by atoms with E-state index in [1.807, 2.05) is 0 Å². The number of non-ortho nitro benzene ring substituents is 2. The summed E-state index contributed by atoms with van der Waals surface area (Å²) in [5.74, 6) is -0.156. The number of nitrogens with zero attached hydrogens (tertiary/aromatic N) is 2. The van der Waals surface area contributed by atoms with Crippen LogP contribution in [0, 0.1) is 20.2 Å². The molecule has 34 heavy (non-hydrogen) atoms. The molecule has 3 aromatic carbocycles. The van der Waals surface area contributed by atoms with Crippen LogP contribution in [0.5, 0.6) is 5.75 Å². The van der Waals surface area contributed by atoms with E-state index in [0.29, 0.717) is 17.0 Å². The highest BCUT2D eigenvalue weighted by Gasteiger charge is 2.23. The van der Waals surface area contributed by atoms with E-state index in [1.54, 1.807) is 30.3 Å². The van der Waals surface area contributed by atoms with E-state index < -0.39 is 21.8 Å². The van der Waals surface area contributed by atoms with E-state index in [-0.39, 0.29) is 22.2 Å². The van der Waals surface area contributed by atoms with Crippen LogP contribution in [0.4, 0.5) is 22.7 Å². The van der Waals surface area contributed by atoms with Crippen LogP contribution >= 0.6 is 12.2 Å². The van der Waals surface area contributed by atoms with Crippen LogP contribution in [0.1, 0.15) is 11.6 Å². The van der Waals surface area contributed by atoms with Crippen molar-refractivity contribution in [1.29, 1.82) is 0 Å². The van der Waals surface area contributed by atoms with Gasteiger partial charge in [-0.1, -0.05) is 30.3 Å². The van der Waals surface area contributed by atoms with Crippen LogP contribution in [0.15, 0.2) is 72.8 Å². The van der Waals surface area contributed by atoms with Crippen LogP contribution in [-0.4, -0.2) is 28.0 Å². The summed E-state index contributed by atoms with van der Waals surface area (Å²) in [5, 5.41) is 30.4. The number of benzene rings is 3. The fraction of sp³-hybridized carbons (Fsp3) is 0.0909. The van der Waals surface area contributed by atoms with Crippen LogP contribution in [0.3, 0.4) is 0 Å². The van der Waals surface area contributed by atoms with Crippen molar-refractivity contribution in [2.24, 2.45) is 0 Å². The number of carbonyl (C=O) groups is 1. The number of nitrogens with one attached hydrogen (secondary N) is 3. The first-order valence-corrected chi connectivity index (χ1v) is 10.2. The molecule has 11 nitrogen and oxygen atoms in total. The lowest BCUT2D eigenvalue weighted by Gasteiger charge is -2.21. The molecular formula is C22H19N5O6S. The van der Waals surface area contributed by atoms with Crippen LogP contribution in [-0.2, 0) is 4.79 Å². The van der Waals surface area contributed by atoms with Gasteiger partial charge in [-0.05, 0) is 36.0 Å². The summed E-state index contributed by atoms with van der Waals surface area (Å²) >= 11 is 5.36. The topological polar surface area (TPSA) is 149 Å². The monoisotopic (exact) mass is 481 g/mol. The number of ether oxygens (including phenoxy) is 1. The van der Waals surface area contributed by atoms with Crippen molar-refractivity contribution in [3.63, 3.8) is 0 Å². The molecule has 0 bridgehead atoms. The minimum absolute atomic E-state index is 0.0199. The third-order valence-electron chi connectivity index (χ3n) is 4.66.